The molecule has 48 heavy (non-hydrogen) atoms. The van der Waals surface area contributed by atoms with Gasteiger partial charge in [0, 0.05) is 19.3 Å². The molecule has 0 saturated heterocycles. The van der Waals surface area contributed by atoms with Crippen LogP contribution in [0, 0.1) is 0 Å². The highest BCUT2D eigenvalue weighted by atomic mass is 16.5. The third-order valence-electron chi connectivity index (χ3n) is 7.71. The van der Waals surface area contributed by atoms with Crippen molar-refractivity contribution in [3.63, 3.8) is 0 Å². The van der Waals surface area contributed by atoms with Crippen LogP contribution in [0.3, 0.4) is 0 Å². The lowest BCUT2D eigenvalue weighted by Gasteiger charge is -2.28. The monoisotopic (exact) mass is 675 g/mol. The van der Waals surface area contributed by atoms with Gasteiger partial charge in [-0.15, -0.1) is 0 Å². The molecule has 0 fully saturated rings. The number of aromatic hydroxyl groups is 2. The first-order valence-electron chi connectivity index (χ1n) is 16.3. The van der Waals surface area contributed by atoms with Crippen LogP contribution in [-0.4, -0.2) is 54.3 Å². The number of phenolic OH excluding ortho intramolecular Hbond substituents is 2. The zero-order valence-corrected chi connectivity index (χ0v) is 31.3. The lowest BCUT2D eigenvalue weighted by molar-refractivity contribution is -0.182. The van der Waals surface area contributed by atoms with E-state index >= 15 is 0 Å². The topological polar surface area (TPSA) is 199 Å². The average Bonchev–Trinajstić information content (AvgIpc) is 2.89. The minimum atomic E-state index is -2.32. The summed E-state index contributed by atoms with van der Waals surface area (Å²) in [5.74, 6) is -4.35. The molecular formula is C38H61NO9. The number of rotatable bonds is 8. The quantitative estimate of drug-likeness (QED) is 0.151. The number of carboxylic acid groups (broad SMARTS) is 2. The maximum atomic E-state index is 10.8. The molecule has 272 valence electrons. The molecule has 1 amide bonds. The minimum Gasteiger partial charge on any atom is -0.507 e. The van der Waals surface area contributed by atoms with Crippen LogP contribution in [0.2, 0.25) is 0 Å². The van der Waals surface area contributed by atoms with E-state index < -0.39 is 23.6 Å². The standard InChI is InChI=1S/2C17H26O3.C4H9NO3/c2*1-16(2,3)12-9-11(7-8-14(18)19)10-13(15(12)20)17(4,5)6;1-2-4(7,8)3(5)6/h2*9-10,20H,7-8H2,1-6H3,(H,18,19);7-8H,2H2,1H3,(H2,5,6). The van der Waals surface area contributed by atoms with Gasteiger partial charge in [-0.05, 0) is 67.9 Å². The summed E-state index contributed by atoms with van der Waals surface area (Å²) in [4.78, 5) is 31.5. The number of carbonyl (C=O) groups excluding carboxylic acids is 1. The minimum absolute atomic E-state index is 0.0810. The van der Waals surface area contributed by atoms with E-state index in [0.717, 1.165) is 33.4 Å². The molecule has 2 aromatic carbocycles. The van der Waals surface area contributed by atoms with Crippen molar-refractivity contribution in [1.29, 1.82) is 0 Å². The Morgan fingerprint density at radius 2 is 0.792 bits per heavy atom. The van der Waals surface area contributed by atoms with Crippen molar-refractivity contribution in [2.24, 2.45) is 5.73 Å². The summed E-state index contributed by atoms with van der Waals surface area (Å²) in [5.41, 5.74) is 9.30. The summed E-state index contributed by atoms with van der Waals surface area (Å²) in [6.45, 7) is 26.1. The molecule has 0 saturated carbocycles. The fraction of sp³-hybridized carbons (Fsp3) is 0.605. The Morgan fingerprint density at radius 1 is 0.562 bits per heavy atom. The summed E-state index contributed by atoms with van der Waals surface area (Å²) in [6, 6.07) is 7.75. The van der Waals surface area contributed by atoms with E-state index in [2.05, 4.69) is 88.8 Å². The Labute approximate surface area is 287 Å². The van der Waals surface area contributed by atoms with E-state index in [9.17, 15) is 24.6 Å². The van der Waals surface area contributed by atoms with E-state index in [-0.39, 0.29) is 40.9 Å². The lowest BCUT2D eigenvalue weighted by Crippen LogP contribution is -2.42. The number of hydrogen-bond donors (Lipinski definition) is 7. The van der Waals surface area contributed by atoms with Crippen LogP contribution >= 0.6 is 0 Å². The smallest absolute Gasteiger partial charge is 0.303 e. The predicted molar refractivity (Wildman–Crippen MR) is 190 cm³/mol. The van der Waals surface area contributed by atoms with Crippen LogP contribution in [0.5, 0.6) is 11.5 Å². The number of amides is 1. The van der Waals surface area contributed by atoms with Crippen molar-refractivity contribution in [3.05, 3.63) is 57.6 Å². The van der Waals surface area contributed by atoms with Crippen molar-refractivity contribution < 1.29 is 45.0 Å². The number of aliphatic hydroxyl groups is 2. The highest BCUT2D eigenvalue weighted by Gasteiger charge is 2.29. The second-order valence-electron chi connectivity index (χ2n) is 16.4. The molecule has 10 nitrogen and oxygen atoms in total. The van der Waals surface area contributed by atoms with Crippen LogP contribution in [0.25, 0.3) is 0 Å². The fourth-order valence-electron chi connectivity index (χ4n) is 4.64. The summed E-state index contributed by atoms with van der Waals surface area (Å²) in [5, 5.41) is 55.7. The second-order valence-corrected chi connectivity index (χ2v) is 16.4. The van der Waals surface area contributed by atoms with E-state index in [0.29, 0.717) is 24.3 Å². The van der Waals surface area contributed by atoms with Gasteiger partial charge in [-0.25, -0.2) is 0 Å². The number of aryl methyl sites for hydroxylation is 2. The lowest BCUT2D eigenvalue weighted by atomic mass is 9.78. The van der Waals surface area contributed by atoms with Gasteiger partial charge < -0.3 is 36.4 Å². The molecule has 0 spiro atoms. The van der Waals surface area contributed by atoms with Gasteiger partial charge in [-0.3, -0.25) is 14.4 Å². The Bertz CT molecular complexity index is 1250. The number of phenols is 2. The Morgan fingerprint density at radius 3 is 0.917 bits per heavy atom. The molecule has 2 rings (SSSR count). The number of carboxylic acids is 2. The number of carbonyl (C=O) groups is 3. The Balaban J connectivity index is 0.000000754. The van der Waals surface area contributed by atoms with Gasteiger partial charge in [0.25, 0.3) is 5.91 Å². The Hall–Kier alpha value is -3.63. The van der Waals surface area contributed by atoms with Crippen LogP contribution in [0.4, 0.5) is 0 Å². The summed E-state index contributed by atoms with van der Waals surface area (Å²) >= 11 is 0. The molecule has 0 aromatic heterocycles. The zero-order valence-electron chi connectivity index (χ0n) is 31.3. The SMILES string of the molecule is CC(C)(C)c1cc(CCC(=O)O)cc(C(C)(C)C)c1O.CC(C)(C)c1cc(CCC(=O)O)cc(C(C)(C)C)c1O.CCC(O)(O)C(N)=O. The first kappa shape index (κ1) is 44.4. The van der Waals surface area contributed by atoms with E-state index in [1.807, 2.05) is 24.3 Å². The van der Waals surface area contributed by atoms with Crippen molar-refractivity contribution in [1.82, 2.24) is 0 Å². The van der Waals surface area contributed by atoms with Gasteiger partial charge in [0.2, 0.25) is 5.79 Å². The van der Waals surface area contributed by atoms with Crippen molar-refractivity contribution >= 4 is 17.8 Å². The van der Waals surface area contributed by atoms with E-state index in [4.69, 9.17) is 20.4 Å². The van der Waals surface area contributed by atoms with Gasteiger partial charge in [0.1, 0.15) is 11.5 Å². The molecular weight excluding hydrogens is 614 g/mol. The first-order valence-corrected chi connectivity index (χ1v) is 16.3. The molecule has 0 heterocycles. The molecule has 0 bridgehead atoms. The Kier molecular flexibility index (Phi) is 15.4. The molecule has 0 atom stereocenters. The molecule has 0 radical (unpaired) electrons. The third kappa shape index (κ3) is 14.2. The summed E-state index contributed by atoms with van der Waals surface area (Å²) in [7, 11) is 0. The molecule has 0 aliphatic heterocycles. The highest BCUT2D eigenvalue weighted by Crippen LogP contribution is 2.41. The molecule has 0 aliphatic carbocycles. The number of hydrogen-bond acceptors (Lipinski definition) is 7. The van der Waals surface area contributed by atoms with Crippen molar-refractivity contribution in [2.75, 3.05) is 0 Å². The van der Waals surface area contributed by atoms with Crippen LogP contribution in [0.1, 0.15) is 143 Å². The number of primary amides is 1. The fourth-order valence-corrected chi connectivity index (χ4v) is 4.64. The van der Waals surface area contributed by atoms with Gasteiger partial charge in [0.05, 0.1) is 0 Å². The van der Waals surface area contributed by atoms with Crippen LogP contribution < -0.4 is 5.73 Å². The number of benzene rings is 2. The van der Waals surface area contributed by atoms with Crippen molar-refractivity contribution in [3.8, 4) is 11.5 Å². The zero-order chi connectivity index (χ0) is 38.2. The van der Waals surface area contributed by atoms with Gasteiger partial charge in [-0.2, -0.15) is 0 Å². The predicted octanol–water partition coefficient (Wildman–Crippen LogP) is 6.57. The molecule has 10 heteroatoms. The van der Waals surface area contributed by atoms with Gasteiger partial charge >= 0.3 is 11.9 Å². The highest BCUT2D eigenvalue weighted by molar-refractivity contribution is 5.81. The van der Waals surface area contributed by atoms with Crippen molar-refractivity contribution in [2.45, 2.75) is 150 Å². The first-order chi connectivity index (χ1) is 21.4. The summed E-state index contributed by atoms with van der Waals surface area (Å²) in [6.07, 6.45) is 1.11. The third-order valence-corrected chi connectivity index (χ3v) is 7.71. The van der Waals surface area contributed by atoms with Crippen LogP contribution in [-0.2, 0) is 48.9 Å². The number of aliphatic carboxylic acids is 2. The van der Waals surface area contributed by atoms with E-state index in [1.54, 1.807) is 0 Å². The molecule has 0 unspecified atom stereocenters. The van der Waals surface area contributed by atoms with E-state index in [1.165, 1.54) is 6.92 Å². The van der Waals surface area contributed by atoms with Gasteiger partial charge in [-0.1, -0.05) is 114 Å². The summed E-state index contributed by atoms with van der Waals surface area (Å²) < 4.78 is 0. The second kappa shape index (κ2) is 16.7. The maximum Gasteiger partial charge on any atom is 0.303 e. The van der Waals surface area contributed by atoms with Gasteiger partial charge in [0.15, 0.2) is 0 Å². The van der Waals surface area contributed by atoms with Crippen LogP contribution in [0.15, 0.2) is 24.3 Å². The molecule has 8 N–H and O–H groups in total. The molecule has 0 aliphatic rings. The average molecular weight is 676 g/mol. The normalized spacial score (nSPS) is 12.3. The molecule has 2 aromatic rings. The largest absolute Gasteiger partial charge is 0.507 e. The maximum absolute atomic E-state index is 10.8. The number of nitrogens with two attached hydrogens (primary N) is 1.